The minimum Gasteiger partial charge on any atom is -0.329 e. The van der Waals surface area contributed by atoms with Crippen LogP contribution in [0, 0.1) is 4.77 Å². The summed E-state index contributed by atoms with van der Waals surface area (Å²) in [5.74, 6) is 0. The van der Waals surface area contributed by atoms with E-state index in [-0.39, 0.29) is 0 Å². The number of imidazole rings is 1. The normalized spacial score (nSPS) is 11.5. The standard InChI is InChI=1S/C15H13N5S/c1-19-10(6-7-17-19)9-20-14-11-4-2-3-5-12(11)16-8-13(14)18-15(20)21/h2-8H,9H2,1H3,(H,18,21). The largest absolute Gasteiger partial charge is 0.329 e. The Morgan fingerprint density at radius 3 is 2.90 bits per heavy atom. The van der Waals surface area contributed by atoms with Crippen LogP contribution in [0.5, 0.6) is 0 Å². The summed E-state index contributed by atoms with van der Waals surface area (Å²) in [4.78, 5) is 7.71. The molecule has 4 rings (SSSR count). The van der Waals surface area contributed by atoms with Gasteiger partial charge in [0.15, 0.2) is 4.77 Å². The quantitative estimate of drug-likeness (QED) is 0.578. The molecule has 0 spiro atoms. The van der Waals surface area contributed by atoms with Crippen LogP contribution in [0.1, 0.15) is 5.69 Å². The smallest absolute Gasteiger partial charge is 0.178 e. The van der Waals surface area contributed by atoms with Crippen LogP contribution in [0.3, 0.4) is 0 Å². The first-order valence-electron chi connectivity index (χ1n) is 6.67. The van der Waals surface area contributed by atoms with Gasteiger partial charge in [-0.05, 0) is 24.4 Å². The number of aryl methyl sites for hydroxylation is 1. The Morgan fingerprint density at radius 2 is 2.10 bits per heavy atom. The van der Waals surface area contributed by atoms with Crippen molar-refractivity contribution in [2.24, 2.45) is 7.05 Å². The van der Waals surface area contributed by atoms with Crippen LogP contribution < -0.4 is 0 Å². The SMILES string of the molecule is Cn1nccc1Cn1c(=S)[nH]c2cnc3ccccc3c21. The van der Waals surface area contributed by atoms with Gasteiger partial charge in [-0.1, -0.05) is 18.2 Å². The second kappa shape index (κ2) is 4.53. The maximum absolute atomic E-state index is 5.48. The molecule has 0 saturated carbocycles. The molecular formula is C15H13N5S. The molecule has 0 bridgehead atoms. The zero-order valence-electron chi connectivity index (χ0n) is 11.4. The first kappa shape index (κ1) is 12.3. The van der Waals surface area contributed by atoms with Crippen molar-refractivity contribution in [3.63, 3.8) is 0 Å². The predicted octanol–water partition coefficient (Wildman–Crippen LogP) is 3.03. The Labute approximate surface area is 125 Å². The lowest BCUT2D eigenvalue weighted by Crippen LogP contribution is -2.05. The van der Waals surface area contributed by atoms with E-state index >= 15 is 0 Å². The number of rotatable bonds is 2. The highest BCUT2D eigenvalue weighted by atomic mass is 32.1. The van der Waals surface area contributed by atoms with Gasteiger partial charge in [0.25, 0.3) is 0 Å². The highest BCUT2D eigenvalue weighted by molar-refractivity contribution is 7.71. The molecule has 1 aromatic carbocycles. The number of aromatic amines is 1. The van der Waals surface area contributed by atoms with Gasteiger partial charge < -0.3 is 9.55 Å². The molecule has 4 aromatic rings. The Hall–Kier alpha value is -2.47. The molecule has 21 heavy (non-hydrogen) atoms. The van der Waals surface area contributed by atoms with E-state index < -0.39 is 0 Å². The summed E-state index contributed by atoms with van der Waals surface area (Å²) >= 11 is 5.48. The third-order valence-corrected chi connectivity index (χ3v) is 4.07. The number of aromatic nitrogens is 5. The molecule has 104 valence electrons. The van der Waals surface area contributed by atoms with Gasteiger partial charge in [0.1, 0.15) is 0 Å². The van der Waals surface area contributed by atoms with E-state index in [1.165, 1.54) is 0 Å². The van der Waals surface area contributed by atoms with E-state index in [9.17, 15) is 0 Å². The first-order valence-corrected chi connectivity index (χ1v) is 7.08. The molecule has 0 saturated heterocycles. The number of para-hydroxylation sites is 1. The maximum Gasteiger partial charge on any atom is 0.178 e. The molecule has 0 atom stereocenters. The first-order chi connectivity index (χ1) is 10.2. The number of hydrogen-bond donors (Lipinski definition) is 1. The molecule has 3 heterocycles. The fraction of sp³-hybridized carbons (Fsp3) is 0.133. The van der Waals surface area contributed by atoms with Crippen molar-refractivity contribution in [1.82, 2.24) is 24.3 Å². The maximum atomic E-state index is 5.48. The number of pyridine rings is 1. The average Bonchev–Trinajstić information content (AvgIpc) is 3.04. The van der Waals surface area contributed by atoms with Gasteiger partial charge in [-0.15, -0.1) is 0 Å². The topological polar surface area (TPSA) is 51.4 Å². The fourth-order valence-electron chi connectivity index (χ4n) is 2.66. The monoisotopic (exact) mass is 295 g/mol. The van der Waals surface area contributed by atoms with Crippen molar-refractivity contribution in [2.45, 2.75) is 6.54 Å². The highest BCUT2D eigenvalue weighted by Gasteiger charge is 2.11. The summed E-state index contributed by atoms with van der Waals surface area (Å²) in [6.07, 6.45) is 3.64. The van der Waals surface area contributed by atoms with Crippen LogP contribution in [0.4, 0.5) is 0 Å². The Morgan fingerprint density at radius 1 is 1.24 bits per heavy atom. The third kappa shape index (κ3) is 1.87. The van der Waals surface area contributed by atoms with Gasteiger partial charge in [-0.25, -0.2) is 0 Å². The molecule has 0 radical (unpaired) electrons. The summed E-state index contributed by atoms with van der Waals surface area (Å²) in [7, 11) is 1.94. The molecule has 0 amide bonds. The van der Waals surface area contributed by atoms with E-state index in [4.69, 9.17) is 12.2 Å². The van der Waals surface area contributed by atoms with Crippen LogP contribution in [0.2, 0.25) is 0 Å². The molecule has 1 N–H and O–H groups in total. The van der Waals surface area contributed by atoms with Crippen molar-refractivity contribution in [3.8, 4) is 0 Å². The molecule has 5 nitrogen and oxygen atoms in total. The van der Waals surface area contributed by atoms with Gasteiger partial charge in [0.2, 0.25) is 0 Å². The summed E-state index contributed by atoms with van der Waals surface area (Å²) in [5, 5.41) is 5.32. The molecule has 6 heteroatoms. The van der Waals surface area contributed by atoms with Crippen LogP contribution in [-0.4, -0.2) is 24.3 Å². The Balaban J connectivity index is 2.03. The summed E-state index contributed by atoms with van der Waals surface area (Å²) in [5.41, 5.74) is 4.12. The van der Waals surface area contributed by atoms with Gasteiger partial charge in [-0.3, -0.25) is 9.67 Å². The van der Waals surface area contributed by atoms with Crippen LogP contribution in [0.15, 0.2) is 42.7 Å². The Kier molecular flexibility index (Phi) is 2.65. The summed E-state index contributed by atoms with van der Waals surface area (Å²) < 4.78 is 4.67. The molecule has 0 aliphatic heterocycles. The van der Waals surface area contributed by atoms with E-state index in [1.54, 1.807) is 6.20 Å². The van der Waals surface area contributed by atoms with Gasteiger partial charge in [0.05, 0.1) is 35.0 Å². The van der Waals surface area contributed by atoms with Gasteiger partial charge in [0, 0.05) is 18.6 Å². The fourth-order valence-corrected chi connectivity index (χ4v) is 2.93. The number of H-pyrrole nitrogens is 1. The second-order valence-corrected chi connectivity index (χ2v) is 5.39. The van der Waals surface area contributed by atoms with Crippen molar-refractivity contribution in [1.29, 1.82) is 0 Å². The van der Waals surface area contributed by atoms with E-state index in [0.29, 0.717) is 11.3 Å². The number of fused-ring (bicyclic) bond motifs is 3. The molecule has 0 fully saturated rings. The highest BCUT2D eigenvalue weighted by Crippen LogP contribution is 2.24. The molecule has 3 aromatic heterocycles. The van der Waals surface area contributed by atoms with Gasteiger partial charge >= 0.3 is 0 Å². The van der Waals surface area contributed by atoms with Crippen LogP contribution in [0.25, 0.3) is 21.9 Å². The molecule has 0 aliphatic carbocycles. The lowest BCUT2D eigenvalue weighted by Gasteiger charge is -2.07. The molecule has 0 unspecified atom stereocenters. The van der Waals surface area contributed by atoms with Crippen LogP contribution >= 0.6 is 12.2 Å². The van der Waals surface area contributed by atoms with E-state index in [0.717, 1.165) is 27.6 Å². The number of benzene rings is 1. The minimum absolute atomic E-state index is 0.684. The second-order valence-electron chi connectivity index (χ2n) is 5.00. The van der Waals surface area contributed by atoms with Crippen molar-refractivity contribution in [3.05, 3.63) is 53.2 Å². The lowest BCUT2D eigenvalue weighted by molar-refractivity contribution is 0.671. The van der Waals surface area contributed by atoms with Crippen molar-refractivity contribution >= 4 is 34.2 Å². The summed E-state index contributed by atoms with van der Waals surface area (Å²) in [6.45, 7) is 0.684. The Bertz CT molecular complexity index is 1010. The minimum atomic E-state index is 0.684. The molecule has 0 aliphatic rings. The third-order valence-electron chi connectivity index (χ3n) is 3.75. The number of nitrogens with zero attached hydrogens (tertiary/aromatic N) is 4. The lowest BCUT2D eigenvalue weighted by atomic mass is 10.2. The zero-order chi connectivity index (χ0) is 14.4. The summed E-state index contributed by atoms with van der Waals surface area (Å²) in [6, 6.07) is 10.1. The van der Waals surface area contributed by atoms with E-state index in [1.807, 2.05) is 42.2 Å². The zero-order valence-corrected chi connectivity index (χ0v) is 12.3. The predicted molar refractivity (Wildman–Crippen MR) is 84.7 cm³/mol. The molecular weight excluding hydrogens is 282 g/mol. The van der Waals surface area contributed by atoms with Gasteiger partial charge in [-0.2, -0.15) is 5.10 Å². The van der Waals surface area contributed by atoms with E-state index in [2.05, 4.69) is 25.7 Å². The van der Waals surface area contributed by atoms with Crippen molar-refractivity contribution in [2.75, 3.05) is 0 Å². The number of hydrogen-bond acceptors (Lipinski definition) is 3. The van der Waals surface area contributed by atoms with Crippen LogP contribution in [-0.2, 0) is 13.6 Å². The average molecular weight is 295 g/mol. The van der Waals surface area contributed by atoms with Crippen molar-refractivity contribution < 1.29 is 0 Å². The number of nitrogens with one attached hydrogen (secondary N) is 1.